The van der Waals surface area contributed by atoms with E-state index in [9.17, 15) is 5.11 Å². The van der Waals surface area contributed by atoms with Crippen LogP contribution >= 0.6 is 11.6 Å². The van der Waals surface area contributed by atoms with Gasteiger partial charge in [-0.05, 0) is 18.2 Å². The van der Waals surface area contributed by atoms with Crippen molar-refractivity contribution in [3.8, 4) is 5.75 Å². The van der Waals surface area contributed by atoms with E-state index >= 15 is 0 Å². The molecule has 0 aliphatic rings. The van der Waals surface area contributed by atoms with Crippen molar-refractivity contribution in [2.24, 2.45) is 5.73 Å². The Morgan fingerprint density at radius 2 is 2.25 bits per heavy atom. The summed E-state index contributed by atoms with van der Waals surface area (Å²) in [4.78, 5) is 0. The lowest BCUT2D eigenvalue weighted by Crippen LogP contribution is -1.91. The summed E-state index contributed by atoms with van der Waals surface area (Å²) in [5.74, 6) is 0.173. The van der Waals surface area contributed by atoms with Gasteiger partial charge in [0.1, 0.15) is 5.75 Å². The average molecular weight is 184 g/mol. The number of rotatable bonds is 2. The highest BCUT2D eigenvalue weighted by Gasteiger charge is 1.96. The molecule has 0 amide bonds. The fourth-order valence-electron chi connectivity index (χ4n) is 0.853. The van der Waals surface area contributed by atoms with Crippen molar-refractivity contribution in [1.29, 1.82) is 0 Å². The van der Waals surface area contributed by atoms with E-state index in [1.54, 1.807) is 24.3 Å². The molecule has 2 nitrogen and oxygen atoms in total. The van der Waals surface area contributed by atoms with Crippen molar-refractivity contribution < 1.29 is 5.11 Å². The van der Waals surface area contributed by atoms with Gasteiger partial charge in [-0.3, -0.25) is 0 Å². The molecule has 0 spiro atoms. The summed E-state index contributed by atoms with van der Waals surface area (Å²) in [6.45, 7) is 0.460. The van der Waals surface area contributed by atoms with Crippen LogP contribution in [-0.4, -0.2) is 11.7 Å². The number of hydrogen-bond donors (Lipinski definition) is 2. The van der Waals surface area contributed by atoms with Crippen LogP contribution < -0.4 is 5.73 Å². The molecule has 0 aliphatic heterocycles. The molecule has 0 saturated heterocycles. The first-order valence-corrected chi connectivity index (χ1v) is 3.97. The molecule has 0 bridgehead atoms. The predicted molar refractivity (Wildman–Crippen MR) is 51.2 cm³/mol. The normalized spacial score (nSPS) is 10.8. The van der Waals surface area contributed by atoms with E-state index in [-0.39, 0.29) is 5.75 Å². The highest BCUT2D eigenvalue weighted by molar-refractivity contribution is 6.30. The molecule has 0 atom stereocenters. The van der Waals surface area contributed by atoms with Gasteiger partial charge in [-0.2, -0.15) is 0 Å². The second-order valence-corrected chi connectivity index (χ2v) is 2.78. The molecule has 1 aromatic carbocycles. The van der Waals surface area contributed by atoms with Crippen molar-refractivity contribution in [1.82, 2.24) is 0 Å². The van der Waals surface area contributed by atoms with Gasteiger partial charge in [-0.1, -0.05) is 23.8 Å². The van der Waals surface area contributed by atoms with Crippen molar-refractivity contribution in [3.05, 3.63) is 34.9 Å². The Morgan fingerprint density at radius 1 is 1.50 bits per heavy atom. The minimum Gasteiger partial charge on any atom is -0.507 e. The van der Waals surface area contributed by atoms with Gasteiger partial charge < -0.3 is 10.8 Å². The monoisotopic (exact) mass is 183 g/mol. The smallest absolute Gasteiger partial charge is 0.124 e. The number of hydrogen-bond acceptors (Lipinski definition) is 2. The van der Waals surface area contributed by atoms with Crippen molar-refractivity contribution >= 4 is 17.7 Å². The van der Waals surface area contributed by atoms with E-state index in [0.717, 1.165) is 5.56 Å². The number of phenolic OH excluding ortho intramolecular Hbond substituents is 1. The molecule has 0 fully saturated rings. The molecule has 64 valence electrons. The standard InChI is InChI=1S/C9H10ClNO/c10-8-4-3-7(2-1-5-11)9(12)6-8/h1-4,6,12H,5,11H2/b2-1+. The van der Waals surface area contributed by atoms with Gasteiger partial charge >= 0.3 is 0 Å². The second kappa shape index (κ2) is 4.14. The summed E-state index contributed by atoms with van der Waals surface area (Å²) in [5.41, 5.74) is 5.99. The maximum Gasteiger partial charge on any atom is 0.124 e. The first kappa shape index (κ1) is 9.10. The van der Waals surface area contributed by atoms with Gasteiger partial charge in [-0.15, -0.1) is 0 Å². The molecule has 0 saturated carbocycles. The summed E-state index contributed by atoms with van der Waals surface area (Å²) in [5, 5.41) is 9.87. The molecule has 1 rings (SSSR count). The lowest BCUT2D eigenvalue weighted by atomic mass is 10.2. The molecule has 12 heavy (non-hydrogen) atoms. The summed E-state index contributed by atoms with van der Waals surface area (Å²) in [6.07, 6.45) is 3.52. The van der Waals surface area contributed by atoms with E-state index in [1.165, 1.54) is 6.07 Å². The van der Waals surface area contributed by atoms with Gasteiger partial charge in [0, 0.05) is 17.1 Å². The van der Waals surface area contributed by atoms with Crippen LogP contribution in [0.2, 0.25) is 5.02 Å². The fraction of sp³-hybridized carbons (Fsp3) is 0.111. The largest absolute Gasteiger partial charge is 0.507 e. The summed E-state index contributed by atoms with van der Waals surface area (Å²) >= 11 is 5.64. The zero-order valence-electron chi connectivity index (χ0n) is 6.50. The van der Waals surface area contributed by atoms with Crippen LogP contribution in [0.1, 0.15) is 5.56 Å². The molecule has 0 aromatic heterocycles. The summed E-state index contributed by atoms with van der Waals surface area (Å²) in [7, 11) is 0. The van der Waals surface area contributed by atoms with Gasteiger partial charge in [0.25, 0.3) is 0 Å². The predicted octanol–water partition coefficient (Wildman–Crippen LogP) is 2.02. The van der Waals surface area contributed by atoms with Crippen LogP contribution in [0.3, 0.4) is 0 Å². The summed E-state index contributed by atoms with van der Waals surface area (Å²) in [6, 6.07) is 4.96. The molecule has 0 unspecified atom stereocenters. The average Bonchev–Trinajstić information content (AvgIpc) is 2.03. The van der Waals surface area contributed by atoms with E-state index < -0.39 is 0 Å². The Hall–Kier alpha value is -0.990. The Labute approximate surface area is 76.3 Å². The Morgan fingerprint density at radius 3 is 2.83 bits per heavy atom. The van der Waals surface area contributed by atoms with E-state index in [0.29, 0.717) is 11.6 Å². The molecular formula is C9H10ClNO. The van der Waals surface area contributed by atoms with Crippen LogP contribution in [0.15, 0.2) is 24.3 Å². The maximum atomic E-state index is 9.34. The topological polar surface area (TPSA) is 46.2 Å². The number of aromatic hydroxyl groups is 1. The third kappa shape index (κ3) is 2.26. The van der Waals surface area contributed by atoms with Gasteiger partial charge in [0.15, 0.2) is 0 Å². The van der Waals surface area contributed by atoms with Gasteiger partial charge in [0.05, 0.1) is 0 Å². The quantitative estimate of drug-likeness (QED) is 0.737. The van der Waals surface area contributed by atoms with Crippen LogP contribution in [-0.2, 0) is 0 Å². The van der Waals surface area contributed by atoms with E-state index in [2.05, 4.69) is 0 Å². The highest BCUT2D eigenvalue weighted by atomic mass is 35.5. The molecule has 3 heteroatoms. The zero-order chi connectivity index (χ0) is 8.97. The van der Waals surface area contributed by atoms with Crippen LogP contribution in [0.4, 0.5) is 0 Å². The zero-order valence-corrected chi connectivity index (χ0v) is 7.25. The Kier molecular flexibility index (Phi) is 3.14. The third-order valence-electron chi connectivity index (χ3n) is 1.43. The van der Waals surface area contributed by atoms with Crippen molar-refractivity contribution in [3.63, 3.8) is 0 Å². The number of phenols is 1. The lowest BCUT2D eigenvalue weighted by Gasteiger charge is -1.98. The van der Waals surface area contributed by atoms with E-state index in [1.807, 2.05) is 0 Å². The minimum absolute atomic E-state index is 0.173. The lowest BCUT2D eigenvalue weighted by molar-refractivity contribution is 0.474. The molecule has 1 aromatic rings. The maximum absolute atomic E-state index is 9.34. The molecule has 0 aliphatic carbocycles. The number of benzene rings is 1. The van der Waals surface area contributed by atoms with Crippen LogP contribution in [0.5, 0.6) is 5.75 Å². The molecule has 3 N–H and O–H groups in total. The molecular weight excluding hydrogens is 174 g/mol. The van der Waals surface area contributed by atoms with Gasteiger partial charge in [-0.25, -0.2) is 0 Å². The first-order valence-electron chi connectivity index (χ1n) is 3.59. The summed E-state index contributed by atoms with van der Waals surface area (Å²) < 4.78 is 0. The highest BCUT2D eigenvalue weighted by Crippen LogP contribution is 2.22. The van der Waals surface area contributed by atoms with Crippen molar-refractivity contribution in [2.45, 2.75) is 0 Å². The fourth-order valence-corrected chi connectivity index (χ4v) is 1.02. The Balaban J connectivity index is 2.94. The SMILES string of the molecule is NC/C=C/c1ccc(Cl)cc1O. The number of nitrogens with two attached hydrogens (primary N) is 1. The second-order valence-electron chi connectivity index (χ2n) is 2.34. The molecule has 0 heterocycles. The number of halogens is 1. The molecule has 0 radical (unpaired) electrons. The van der Waals surface area contributed by atoms with Gasteiger partial charge in [0.2, 0.25) is 0 Å². The minimum atomic E-state index is 0.173. The third-order valence-corrected chi connectivity index (χ3v) is 1.66. The van der Waals surface area contributed by atoms with Crippen molar-refractivity contribution in [2.75, 3.05) is 6.54 Å². The van der Waals surface area contributed by atoms with E-state index in [4.69, 9.17) is 17.3 Å². The van der Waals surface area contributed by atoms with Crippen LogP contribution in [0, 0.1) is 0 Å². The van der Waals surface area contributed by atoms with Crippen LogP contribution in [0.25, 0.3) is 6.08 Å². The first-order chi connectivity index (χ1) is 5.74. The Bertz CT molecular complexity index is 297.